The maximum absolute atomic E-state index is 12.0. The van der Waals surface area contributed by atoms with Gasteiger partial charge in [0, 0.05) is 67.6 Å². The summed E-state index contributed by atoms with van der Waals surface area (Å²) in [5, 5.41) is 2.99. The fraction of sp³-hybridized carbons (Fsp3) is 0.606. The predicted octanol–water partition coefficient (Wildman–Crippen LogP) is 5.44. The van der Waals surface area contributed by atoms with E-state index in [-0.39, 0.29) is 12.1 Å². The summed E-state index contributed by atoms with van der Waals surface area (Å²) in [5.74, 6) is 2.10. The van der Waals surface area contributed by atoms with E-state index >= 15 is 0 Å². The molecular weight excluding hydrogens is 516 g/mol. The highest BCUT2D eigenvalue weighted by atomic mass is 16.6. The first-order chi connectivity index (χ1) is 19.6. The number of alkyl carbamates (subject to hydrolysis) is 1. The van der Waals surface area contributed by atoms with Crippen LogP contribution in [0.15, 0.2) is 36.4 Å². The van der Waals surface area contributed by atoms with Gasteiger partial charge in [-0.05, 0) is 70.7 Å². The topological polar surface area (TPSA) is 89.3 Å². The number of nitrogens with one attached hydrogen (secondary N) is 1. The third-order valence-electron chi connectivity index (χ3n) is 8.39. The van der Waals surface area contributed by atoms with Crippen molar-refractivity contribution in [1.29, 1.82) is 0 Å². The number of carbonyl (C=O) groups is 1. The first-order valence-corrected chi connectivity index (χ1v) is 15.5. The minimum atomic E-state index is -0.463. The Morgan fingerprint density at radius 3 is 1.93 bits per heavy atom. The summed E-state index contributed by atoms with van der Waals surface area (Å²) in [5.41, 5.74) is 10.8. The van der Waals surface area contributed by atoms with Gasteiger partial charge in [0.1, 0.15) is 29.3 Å². The molecule has 1 amide bonds. The quantitative estimate of drug-likeness (QED) is 0.500. The van der Waals surface area contributed by atoms with E-state index in [2.05, 4.69) is 65.4 Å². The van der Waals surface area contributed by atoms with Crippen molar-refractivity contribution in [2.24, 2.45) is 5.73 Å². The molecule has 0 radical (unpaired) electrons. The smallest absolute Gasteiger partial charge is 0.407 e. The number of anilines is 2. The van der Waals surface area contributed by atoms with Crippen molar-refractivity contribution in [3.63, 3.8) is 0 Å². The molecule has 3 N–H and O–H groups in total. The van der Waals surface area contributed by atoms with E-state index in [4.69, 9.17) is 19.9 Å². The zero-order chi connectivity index (χ0) is 29.1. The normalized spacial score (nSPS) is 24.6. The third kappa shape index (κ3) is 7.03. The van der Waals surface area contributed by atoms with Crippen LogP contribution in [-0.4, -0.2) is 62.2 Å². The van der Waals surface area contributed by atoms with Gasteiger partial charge < -0.3 is 35.1 Å². The SMILES string of the molecule is CCC1Cc2c(cccc2N2CC[C@H](N)C2)O1.CCC1Cc2c(cccc2N2CC[C@H](NC(=O)OC(C)(C)C)C2)O1. The highest BCUT2D eigenvalue weighted by Crippen LogP contribution is 2.39. The molecular formula is C33H48N4O4. The number of amides is 1. The summed E-state index contributed by atoms with van der Waals surface area (Å²) < 4.78 is 17.3. The first kappa shape index (κ1) is 29.4. The fourth-order valence-electron chi connectivity index (χ4n) is 6.26. The van der Waals surface area contributed by atoms with Crippen molar-refractivity contribution < 1.29 is 19.0 Å². The molecule has 2 saturated heterocycles. The van der Waals surface area contributed by atoms with Gasteiger partial charge in [0.15, 0.2) is 0 Å². The van der Waals surface area contributed by atoms with Crippen molar-refractivity contribution in [3.05, 3.63) is 47.5 Å². The molecule has 0 spiro atoms. The molecule has 2 unspecified atom stereocenters. The second-order valence-electron chi connectivity index (χ2n) is 12.8. The van der Waals surface area contributed by atoms with Crippen LogP contribution in [0.2, 0.25) is 0 Å². The van der Waals surface area contributed by atoms with Crippen LogP contribution in [0, 0.1) is 0 Å². The van der Waals surface area contributed by atoms with Gasteiger partial charge in [-0.3, -0.25) is 0 Å². The number of hydrogen-bond donors (Lipinski definition) is 2. The molecule has 8 heteroatoms. The molecule has 0 saturated carbocycles. The molecule has 2 aromatic rings. The van der Waals surface area contributed by atoms with E-state index in [0.29, 0.717) is 18.2 Å². The standard InChI is InChI=1S/C19H28N2O3.C14H20N2O/c1-5-14-11-15-16(7-6-8-17(15)23-14)21-10-9-13(12-21)20-18(22)24-19(2,3)4;1-2-11-8-12-13(4-3-5-14(12)17-11)16-7-6-10(15)9-16/h6-8,13-14H,5,9-12H2,1-4H3,(H,20,22);3-5,10-11H,2,6-9,15H2,1H3/t13-,14?;10-,11?/m00/s1. The zero-order valence-corrected chi connectivity index (χ0v) is 25.4. The Kier molecular flexibility index (Phi) is 8.88. The van der Waals surface area contributed by atoms with Crippen LogP contribution in [-0.2, 0) is 17.6 Å². The number of nitrogens with two attached hydrogens (primary N) is 1. The number of rotatable bonds is 5. The maximum Gasteiger partial charge on any atom is 0.407 e. The highest BCUT2D eigenvalue weighted by molar-refractivity contribution is 5.69. The molecule has 0 aliphatic carbocycles. The van der Waals surface area contributed by atoms with E-state index in [1.54, 1.807) is 0 Å². The number of nitrogens with zero attached hydrogens (tertiary/aromatic N) is 2. The molecule has 6 rings (SSSR count). The average Bonchev–Trinajstić information content (AvgIpc) is 3.72. The molecule has 0 bridgehead atoms. The fourth-order valence-corrected chi connectivity index (χ4v) is 6.26. The number of benzene rings is 2. The Morgan fingerprint density at radius 2 is 1.44 bits per heavy atom. The zero-order valence-electron chi connectivity index (χ0n) is 25.4. The van der Waals surface area contributed by atoms with Gasteiger partial charge in [0.2, 0.25) is 0 Å². The van der Waals surface area contributed by atoms with Gasteiger partial charge in [-0.15, -0.1) is 0 Å². The van der Waals surface area contributed by atoms with E-state index < -0.39 is 5.60 Å². The van der Waals surface area contributed by atoms with Crippen molar-refractivity contribution in [1.82, 2.24) is 5.32 Å². The highest BCUT2D eigenvalue weighted by Gasteiger charge is 2.31. The summed E-state index contributed by atoms with van der Waals surface area (Å²) in [6.07, 6.45) is 6.48. The van der Waals surface area contributed by atoms with Crippen LogP contribution in [0.1, 0.15) is 71.4 Å². The molecule has 41 heavy (non-hydrogen) atoms. The molecule has 224 valence electrons. The minimum absolute atomic E-state index is 0.125. The number of ether oxygens (including phenoxy) is 3. The average molecular weight is 565 g/mol. The number of fused-ring (bicyclic) bond motifs is 2. The van der Waals surface area contributed by atoms with Crippen LogP contribution in [0.4, 0.5) is 16.2 Å². The van der Waals surface area contributed by atoms with Crippen LogP contribution < -0.4 is 30.3 Å². The Labute approximate surface area is 245 Å². The summed E-state index contributed by atoms with van der Waals surface area (Å²) in [7, 11) is 0. The number of carbonyl (C=O) groups excluding carboxylic acids is 1. The molecule has 2 aromatic carbocycles. The van der Waals surface area contributed by atoms with Gasteiger partial charge in [-0.2, -0.15) is 0 Å². The monoisotopic (exact) mass is 564 g/mol. The van der Waals surface area contributed by atoms with E-state index in [1.807, 2.05) is 20.8 Å². The summed E-state index contributed by atoms with van der Waals surface area (Å²) in [4.78, 5) is 16.7. The van der Waals surface area contributed by atoms with Crippen molar-refractivity contribution in [2.45, 2.75) is 103 Å². The molecule has 8 nitrogen and oxygen atoms in total. The van der Waals surface area contributed by atoms with Crippen molar-refractivity contribution >= 4 is 17.5 Å². The second-order valence-corrected chi connectivity index (χ2v) is 12.8. The van der Waals surface area contributed by atoms with Crippen LogP contribution >= 0.6 is 0 Å². The summed E-state index contributed by atoms with van der Waals surface area (Å²) in [6.45, 7) is 13.8. The summed E-state index contributed by atoms with van der Waals surface area (Å²) >= 11 is 0. The Morgan fingerprint density at radius 1 is 0.902 bits per heavy atom. The lowest BCUT2D eigenvalue weighted by molar-refractivity contribution is 0.0509. The Hall–Kier alpha value is -3.13. The second kappa shape index (κ2) is 12.4. The van der Waals surface area contributed by atoms with Crippen molar-refractivity contribution in [2.75, 3.05) is 36.0 Å². The van der Waals surface area contributed by atoms with E-state index in [0.717, 1.165) is 76.2 Å². The minimum Gasteiger partial charge on any atom is -0.490 e. The van der Waals surface area contributed by atoms with Gasteiger partial charge in [-0.1, -0.05) is 26.0 Å². The van der Waals surface area contributed by atoms with Crippen LogP contribution in [0.5, 0.6) is 11.5 Å². The van der Waals surface area contributed by atoms with Crippen LogP contribution in [0.3, 0.4) is 0 Å². The molecule has 4 heterocycles. The van der Waals surface area contributed by atoms with Gasteiger partial charge in [-0.25, -0.2) is 4.79 Å². The summed E-state index contributed by atoms with van der Waals surface area (Å²) in [6, 6.07) is 13.1. The molecule has 4 aliphatic heterocycles. The predicted molar refractivity (Wildman–Crippen MR) is 164 cm³/mol. The van der Waals surface area contributed by atoms with Crippen molar-refractivity contribution in [3.8, 4) is 11.5 Å². The lowest BCUT2D eigenvalue weighted by Crippen LogP contribution is -2.40. The first-order valence-electron chi connectivity index (χ1n) is 15.5. The van der Waals surface area contributed by atoms with Gasteiger partial charge in [0.05, 0.1) is 6.04 Å². The molecule has 4 aliphatic rings. The third-order valence-corrected chi connectivity index (χ3v) is 8.39. The van der Waals surface area contributed by atoms with E-state index in [9.17, 15) is 4.79 Å². The lowest BCUT2D eigenvalue weighted by Gasteiger charge is -2.23. The maximum atomic E-state index is 12.0. The van der Waals surface area contributed by atoms with Gasteiger partial charge in [0.25, 0.3) is 0 Å². The Balaban J connectivity index is 0.000000174. The molecule has 0 aromatic heterocycles. The van der Waals surface area contributed by atoms with E-state index in [1.165, 1.54) is 22.5 Å². The Bertz CT molecular complexity index is 1210. The molecule has 4 atom stereocenters. The van der Waals surface area contributed by atoms with Crippen LogP contribution in [0.25, 0.3) is 0 Å². The lowest BCUT2D eigenvalue weighted by atomic mass is 10.1. The van der Waals surface area contributed by atoms with Gasteiger partial charge >= 0.3 is 6.09 Å². The molecule has 2 fully saturated rings. The largest absolute Gasteiger partial charge is 0.490 e. The number of hydrogen-bond acceptors (Lipinski definition) is 7.